The lowest BCUT2D eigenvalue weighted by molar-refractivity contribution is 0.367. The van der Waals surface area contributed by atoms with Gasteiger partial charge >= 0.3 is 0 Å². The van der Waals surface area contributed by atoms with Crippen molar-refractivity contribution in [2.24, 2.45) is 5.92 Å². The van der Waals surface area contributed by atoms with E-state index in [1.165, 1.54) is 37.6 Å². The molecular weight excluding hydrogens is 293 g/mol. The quantitative estimate of drug-likeness (QED) is 0.898. The van der Waals surface area contributed by atoms with Crippen LogP contribution in [-0.4, -0.2) is 20.2 Å². The molecule has 1 heterocycles. The van der Waals surface area contributed by atoms with Crippen LogP contribution < -0.4 is 14.8 Å². The first-order valence-electron chi connectivity index (χ1n) is 8.05. The van der Waals surface area contributed by atoms with Crippen molar-refractivity contribution in [2.75, 3.05) is 20.2 Å². The Labute approximate surface area is 136 Å². The summed E-state index contributed by atoms with van der Waals surface area (Å²) >= 11 is 0. The number of halogens is 1. The van der Waals surface area contributed by atoms with Gasteiger partial charge in [0.2, 0.25) is 0 Å². The van der Waals surface area contributed by atoms with Crippen LogP contribution in [0.5, 0.6) is 17.2 Å². The summed E-state index contributed by atoms with van der Waals surface area (Å²) in [4.78, 5) is 0. The Hall–Kier alpha value is -2.07. The smallest absolute Gasteiger partial charge is 0.134 e. The highest BCUT2D eigenvalue weighted by molar-refractivity contribution is 5.41. The van der Waals surface area contributed by atoms with Gasteiger partial charge in [-0.05, 0) is 49.9 Å². The molecular formula is C19H22FNO2. The molecule has 0 aromatic heterocycles. The number of hydrogen-bond acceptors (Lipinski definition) is 3. The Morgan fingerprint density at radius 1 is 1.09 bits per heavy atom. The number of nitrogens with one attached hydrogen (secondary N) is 1. The number of hydrogen-bond donors (Lipinski definition) is 1. The van der Waals surface area contributed by atoms with Crippen molar-refractivity contribution >= 4 is 0 Å². The second kappa shape index (κ2) is 7.47. The van der Waals surface area contributed by atoms with E-state index in [0.717, 1.165) is 25.3 Å². The maximum Gasteiger partial charge on any atom is 0.134 e. The van der Waals surface area contributed by atoms with E-state index in [-0.39, 0.29) is 5.82 Å². The topological polar surface area (TPSA) is 30.5 Å². The van der Waals surface area contributed by atoms with E-state index in [9.17, 15) is 4.39 Å². The molecule has 1 fully saturated rings. The average Bonchev–Trinajstić information content (AvgIpc) is 2.57. The minimum Gasteiger partial charge on any atom is -0.497 e. The molecule has 23 heavy (non-hydrogen) atoms. The van der Waals surface area contributed by atoms with Crippen molar-refractivity contribution in [2.45, 2.75) is 19.3 Å². The third-order valence-electron chi connectivity index (χ3n) is 4.25. The molecule has 1 aliphatic rings. The van der Waals surface area contributed by atoms with Crippen LogP contribution in [0.3, 0.4) is 0 Å². The number of ether oxygens (including phenoxy) is 2. The summed E-state index contributed by atoms with van der Waals surface area (Å²) in [5.74, 6) is 2.01. The van der Waals surface area contributed by atoms with Crippen molar-refractivity contribution in [3.8, 4) is 17.2 Å². The van der Waals surface area contributed by atoms with Gasteiger partial charge in [-0.15, -0.1) is 0 Å². The van der Waals surface area contributed by atoms with Crippen LogP contribution in [0.4, 0.5) is 4.39 Å². The van der Waals surface area contributed by atoms with Crippen molar-refractivity contribution in [1.29, 1.82) is 0 Å². The zero-order valence-corrected chi connectivity index (χ0v) is 13.3. The molecule has 2 aromatic carbocycles. The molecule has 122 valence electrons. The van der Waals surface area contributed by atoms with Gasteiger partial charge in [0, 0.05) is 18.2 Å². The first-order valence-corrected chi connectivity index (χ1v) is 8.05. The fraction of sp³-hybridized carbons (Fsp3) is 0.368. The first-order chi connectivity index (χ1) is 11.2. The van der Waals surface area contributed by atoms with Gasteiger partial charge in [0.1, 0.15) is 23.1 Å². The number of para-hydroxylation sites is 1. The van der Waals surface area contributed by atoms with E-state index in [0.29, 0.717) is 17.4 Å². The summed E-state index contributed by atoms with van der Waals surface area (Å²) in [6, 6.07) is 12.4. The number of benzene rings is 2. The van der Waals surface area contributed by atoms with E-state index in [1.807, 2.05) is 18.2 Å². The van der Waals surface area contributed by atoms with Crippen molar-refractivity contribution in [3.05, 3.63) is 53.8 Å². The standard InChI is InChI=1S/C19H22FNO2/c1-22-17-11-16(20)12-18(13-17)23-19-5-3-2-4-15(19)10-14-6-8-21-9-7-14/h2-5,11-14,21H,6-10H2,1H3. The summed E-state index contributed by atoms with van der Waals surface area (Å²) in [5.41, 5.74) is 1.17. The van der Waals surface area contributed by atoms with Crippen molar-refractivity contribution in [1.82, 2.24) is 5.32 Å². The molecule has 0 spiro atoms. The Bertz CT molecular complexity index is 654. The van der Waals surface area contributed by atoms with Gasteiger partial charge in [0.25, 0.3) is 0 Å². The molecule has 0 atom stereocenters. The maximum absolute atomic E-state index is 13.6. The van der Waals surface area contributed by atoms with Gasteiger partial charge in [-0.25, -0.2) is 4.39 Å². The summed E-state index contributed by atoms with van der Waals surface area (Å²) in [7, 11) is 1.52. The normalized spacial score (nSPS) is 15.4. The molecule has 4 heteroatoms. The summed E-state index contributed by atoms with van der Waals surface area (Å²) in [6.45, 7) is 2.16. The number of methoxy groups -OCH3 is 1. The second-order valence-corrected chi connectivity index (χ2v) is 5.93. The predicted octanol–water partition coefficient (Wildman–Crippen LogP) is 4.17. The highest BCUT2D eigenvalue weighted by Gasteiger charge is 2.16. The van der Waals surface area contributed by atoms with Crippen LogP contribution in [0.2, 0.25) is 0 Å². The van der Waals surface area contributed by atoms with Crippen LogP contribution in [0, 0.1) is 11.7 Å². The highest BCUT2D eigenvalue weighted by Crippen LogP contribution is 2.31. The van der Waals surface area contributed by atoms with E-state index >= 15 is 0 Å². The monoisotopic (exact) mass is 315 g/mol. The van der Waals surface area contributed by atoms with Gasteiger partial charge in [-0.3, -0.25) is 0 Å². The van der Waals surface area contributed by atoms with Crippen molar-refractivity contribution in [3.63, 3.8) is 0 Å². The molecule has 0 aliphatic carbocycles. The fourth-order valence-corrected chi connectivity index (χ4v) is 3.01. The van der Waals surface area contributed by atoms with Gasteiger partial charge in [-0.1, -0.05) is 18.2 Å². The van der Waals surface area contributed by atoms with E-state index in [1.54, 1.807) is 6.07 Å². The largest absolute Gasteiger partial charge is 0.497 e. The Balaban J connectivity index is 1.78. The molecule has 1 N–H and O–H groups in total. The first kappa shape index (κ1) is 15.8. The molecule has 2 aromatic rings. The van der Waals surface area contributed by atoms with Crippen LogP contribution in [0.15, 0.2) is 42.5 Å². The van der Waals surface area contributed by atoms with Crippen molar-refractivity contribution < 1.29 is 13.9 Å². The molecule has 0 bridgehead atoms. The fourth-order valence-electron chi connectivity index (χ4n) is 3.01. The Kier molecular flexibility index (Phi) is 5.13. The third-order valence-corrected chi connectivity index (χ3v) is 4.25. The molecule has 3 nitrogen and oxygen atoms in total. The highest BCUT2D eigenvalue weighted by atomic mass is 19.1. The lowest BCUT2D eigenvalue weighted by atomic mass is 9.90. The average molecular weight is 315 g/mol. The molecule has 0 saturated carbocycles. The Morgan fingerprint density at radius 2 is 1.83 bits per heavy atom. The lowest BCUT2D eigenvalue weighted by Crippen LogP contribution is -2.28. The minimum atomic E-state index is -0.366. The van der Waals surface area contributed by atoms with Gasteiger partial charge < -0.3 is 14.8 Å². The lowest BCUT2D eigenvalue weighted by Gasteiger charge is -2.23. The van der Waals surface area contributed by atoms with Gasteiger partial charge in [-0.2, -0.15) is 0 Å². The van der Waals surface area contributed by atoms with Gasteiger partial charge in [0.15, 0.2) is 0 Å². The molecule has 0 radical (unpaired) electrons. The third kappa shape index (κ3) is 4.23. The molecule has 0 amide bonds. The van der Waals surface area contributed by atoms with Crippen LogP contribution in [-0.2, 0) is 6.42 Å². The van der Waals surface area contributed by atoms with Crippen LogP contribution in [0.1, 0.15) is 18.4 Å². The maximum atomic E-state index is 13.6. The minimum absolute atomic E-state index is 0.366. The van der Waals surface area contributed by atoms with Crippen LogP contribution in [0.25, 0.3) is 0 Å². The molecule has 3 rings (SSSR count). The molecule has 1 saturated heterocycles. The van der Waals surface area contributed by atoms with Gasteiger partial charge in [0.05, 0.1) is 7.11 Å². The predicted molar refractivity (Wildman–Crippen MR) is 88.8 cm³/mol. The second-order valence-electron chi connectivity index (χ2n) is 5.93. The van der Waals surface area contributed by atoms with E-state index < -0.39 is 0 Å². The summed E-state index contributed by atoms with van der Waals surface area (Å²) in [6.07, 6.45) is 3.36. The Morgan fingerprint density at radius 3 is 2.61 bits per heavy atom. The summed E-state index contributed by atoms with van der Waals surface area (Å²) in [5, 5.41) is 3.39. The zero-order chi connectivity index (χ0) is 16.1. The van der Waals surface area contributed by atoms with E-state index in [2.05, 4.69) is 11.4 Å². The van der Waals surface area contributed by atoms with Crippen LogP contribution >= 0.6 is 0 Å². The number of rotatable bonds is 5. The SMILES string of the molecule is COc1cc(F)cc(Oc2ccccc2CC2CCNCC2)c1. The molecule has 1 aliphatic heterocycles. The summed E-state index contributed by atoms with van der Waals surface area (Å²) < 4.78 is 24.7. The zero-order valence-electron chi connectivity index (χ0n) is 13.3. The van der Waals surface area contributed by atoms with E-state index in [4.69, 9.17) is 9.47 Å². The molecule has 0 unspecified atom stereocenters. The number of piperidine rings is 1.